The molecule has 0 aliphatic carbocycles. The van der Waals surface area contributed by atoms with Crippen molar-refractivity contribution < 1.29 is 14.3 Å². The molecule has 0 heterocycles. The van der Waals surface area contributed by atoms with E-state index in [1.807, 2.05) is 11.9 Å². The summed E-state index contributed by atoms with van der Waals surface area (Å²) in [6.45, 7) is 0.769. The first-order valence-electron chi connectivity index (χ1n) is 6.34. The molecule has 1 aromatic carbocycles. The molecule has 0 fully saturated rings. The van der Waals surface area contributed by atoms with Gasteiger partial charge in [0.05, 0.1) is 18.7 Å². The Morgan fingerprint density at radius 3 is 2.90 bits per heavy atom. The summed E-state index contributed by atoms with van der Waals surface area (Å²) in [7, 11) is 3.40. The van der Waals surface area contributed by atoms with Crippen molar-refractivity contribution in [1.82, 2.24) is 10.2 Å². The van der Waals surface area contributed by atoms with Crippen LogP contribution in [0.25, 0.3) is 0 Å². The Morgan fingerprint density at radius 2 is 2.25 bits per heavy atom. The number of halogens is 1. The lowest BCUT2D eigenvalue weighted by Crippen LogP contribution is -2.32. The van der Waals surface area contributed by atoms with Gasteiger partial charge in [-0.15, -0.1) is 0 Å². The summed E-state index contributed by atoms with van der Waals surface area (Å²) in [4.78, 5) is 13.1. The van der Waals surface area contributed by atoms with Gasteiger partial charge in [-0.25, -0.2) is 4.39 Å². The van der Waals surface area contributed by atoms with Crippen molar-refractivity contribution in [2.24, 2.45) is 0 Å². The highest BCUT2D eigenvalue weighted by molar-refractivity contribution is 5.77. The number of carbonyl (C=O) groups excluding carboxylic acids is 1. The number of hydrogen-bond acceptors (Lipinski definition) is 3. The third-order valence-corrected chi connectivity index (χ3v) is 2.64. The van der Waals surface area contributed by atoms with E-state index in [-0.39, 0.29) is 24.9 Å². The molecule has 1 rings (SSSR count). The van der Waals surface area contributed by atoms with Gasteiger partial charge in [0.15, 0.2) is 0 Å². The number of aliphatic hydroxyl groups excluding tert-OH is 1. The standard InChI is InChI=1S/C15H19FN2O2/c1-17-15(20)11-18(2)10-12-6-7-14(16)13(9-12)5-3-4-8-19/h6-7,9,19H,4,8,10-11H2,1-2H3,(H,17,20). The molecule has 4 nitrogen and oxygen atoms in total. The molecule has 2 N–H and O–H groups in total. The van der Waals surface area contributed by atoms with Crippen LogP contribution in [-0.2, 0) is 11.3 Å². The van der Waals surface area contributed by atoms with Gasteiger partial charge in [-0.3, -0.25) is 9.69 Å². The van der Waals surface area contributed by atoms with Crippen molar-refractivity contribution in [2.45, 2.75) is 13.0 Å². The van der Waals surface area contributed by atoms with E-state index < -0.39 is 0 Å². The monoisotopic (exact) mass is 278 g/mol. The smallest absolute Gasteiger partial charge is 0.233 e. The number of nitrogens with zero attached hydrogens (tertiary/aromatic N) is 1. The van der Waals surface area contributed by atoms with Crippen LogP contribution in [0.2, 0.25) is 0 Å². The highest BCUT2D eigenvalue weighted by atomic mass is 19.1. The second kappa shape index (κ2) is 8.31. The predicted molar refractivity (Wildman–Crippen MR) is 75.4 cm³/mol. The van der Waals surface area contributed by atoms with E-state index in [9.17, 15) is 9.18 Å². The van der Waals surface area contributed by atoms with E-state index in [1.54, 1.807) is 19.2 Å². The second-order valence-corrected chi connectivity index (χ2v) is 4.44. The average Bonchev–Trinajstić information content (AvgIpc) is 2.42. The number of aliphatic hydroxyl groups is 1. The fourth-order valence-corrected chi connectivity index (χ4v) is 1.67. The van der Waals surface area contributed by atoms with Crippen LogP contribution in [0, 0.1) is 17.7 Å². The topological polar surface area (TPSA) is 52.6 Å². The minimum atomic E-state index is -0.381. The lowest BCUT2D eigenvalue weighted by Gasteiger charge is -2.15. The van der Waals surface area contributed by atoms with Gasteiger partial charge >= 0.3 is 0 Å². The van der Waals surface area contributed by atoms with Crippen LogP contribution in [0.1, 0.15) is 17.5 Å². The van der Waals surface area contributed by atoms with Crippen molar-refractivity contribution in [3.8, 4) is 11.8 Å². The normalized spacial score (nSPS) is 10.1. The lowest BCUT2D eigenvalue weighted by atomic mass is 10.1. The summed E-state index contributed by atoms with van der Waals surface area (Å²) in [5.41, 5.74) is 1.19. The maximum absolute atomic E-state index is 13.6. The van der Waals surface area contributed by atoms with Crippen LogP contribution in [0.4, 0.5) is 4.39 Å². The summed E-state index contributed by atoms with van der Waals surface area (Å²) in [5.74, 6) is 4.94. The zero-order chi connectivity index (χ0) is 15.0. The van der Waals surface area contributed by atoms with E-state index in [0.717, 1.165) is 5.56 Å². The molecule has 1 amide bonds. The van der Waals surface area contributed by atoms with Gasteiger partial charge < -0.3 is 10.4 Å². The van der Waals surface area contributed by atoms with E-state index in [0.29, 0.717) is 18.5 Å². The zero-order valence-corrected chi connectivity index (χ0v) is 11.7. The maximum Gasteiger partial charge on any atom is 0.233 e. The molecule has 5 heteroatoms. The predicted octanol–water partition coefficient (Wildman–Crippen LogP) is 0.737. The number of carbonyl (C=O) groups is 1. The molecule has 0 aromatic heterocycles. The van der Waals surface area contributed by atoms with E-state index in [2.05, 4.69) is 17.2 Å². The third kappa shape index (κ3) is 5.39. The van der Waals surface area contributed by atoms with Crippen LogP contribution in [0.3, 0.4) is 0 Å². The van der Waals surface area contributed by atoms with Crippen molar-refractivity contribution in [3.05, 3.63) is 35.1 Å². The molecule has 0 radical (unpaired) electrons. The Labute approximate surface area is 118 Å². The first-order valence-corrected chi connectivity index (χ1v) is 6.34. The average molecular weight is 278 g/mol. The number of amides is 1. The van der Waals surface area contributed by atoms with Crippen molar-refractivity contribution in [3.63, 3.8) is 0 Å². The fourth-order valence-electron chi connectivity index (χ4n) is 1.67. The van der Waals surface area contributed by atoms with E-state index in [4.69, 9.17) is 5.11 Å². The number of hydrogen-bond donors (Lipinski definition) is 2. The quantitative estimate of drug-likeness (QED) is 0.781. The maximum atomic E-state index is 13.6. The molecule has 1 aromatic rings. The molecule has 0 saturated carbocycles. The summed E-state index contributed by atoms with van der Waals surface area (Å²) >= 11 is 0. The number of rotatable bonds is 5. The van der Waals surface area contributed by atoms with Gasteiger partial charge in [-0.1, -0.05) is 17.9 Å². The van der Waals surface area contributed by atoms with Gasteiger partial charge in [0.2, 0.25) is 5.91 Å². The van der Waals surface area contributed by atoms with E-state index in [1.165, 1.54) is 6.07 Å². The molecule has 0 aliphatic heterocycles. The first kappa shape index (κ1) is 16.2. The Bertz CT molecular complexity index is 520. The van der Waals surface area contributed by atoms with Gasteiger partial charge in [-0.05, 0) is 24.7 Å². The fraction of sp³-hybridized carbons (Fsp3) is 0.400. The first-order chi connectivity index (χ1) is 9.56. The van der Waals surface area contributed by atoms with Crippen LogP contribution in [0.15, 0.2) is 18.2 Å². The molecule has 108 valence electrons. The number of benzene rings is 1. The van der Waals surface area contributed by atoms with Crippen molar-refractivity contribution in [1.29, 1.82) is 0 Å². The summed E-state index contributed by atoms with van der Waals surface area (Å²) in [6.07, 6.45) is 0.320. The molecule has 0 saturated heterocycles. The lowest BCUT2D eigenvalue weighted by molar-refractivity contribution is -0.121. The Hall–Kier alpha value is -1.90. The van der Waals surface area contributed by atoms with E-state index >= 15 is 0 Å². The molecule has 0 spiro atoms. The number of likely N-dealkylation sites (N-methyl/N-ethyl adjacent to an activating group) is 2. The molecule has 0 bridgehead atoms. The van der Waals surface area contributed by atoms with Gasteiger partial charge in [0, 0.05) is 20.0 Å². The van der Waals surface area contributed by atoms with Crippen LogP contribution >= 0.6 is 0 Å². The number of nitrogens with one attached hydrogen (secondary N) is 1. The van der Waals surface area contributed by atoms with Gasteiger partial charge in [0.1, 0.15) is 5.82 Å². The highest BCUT2D eigenvalue weighted by Crippen LogP contribution is 2.11. The second-order valence-electron chi connectivity index (χ2n) is 4.44. The molecular weight excluding hydrogens is 259 g/mol. The minimum absolute atomic E-state index is 0.0385. The summed E-state index contributed by atoms with van der Waals surface area (Å²) < 4.78 is 13.6. The Balaban J connectivity index is 2.75. The molecule has 20 heavy (non-hydrogen) atoms. The van der Waals surface area contributed by atoms with Gasteiger partial charge in [0.25, 0.3) is 0 Å². The third-order valence-electron chi connectivity index (χ3n) is 2.64. The van der Waals surface area contributed by atoms with Crippen LogP contribution in [-0.4, -0.2) is 43.2 Å². The molecule has 0 aliphatic rings. The Morgan fingerprint density at radius 1 is 1.50 bits per heavy atom. The highest BCUT2D eigenvalue weighted by Gasteiger charge is 2.07. The summed E-state index contributed by atoms with van der Waals surface area (Å²) in [6, 6.07) is 4.71. The molecule has 0 atom stereocenters. The van der Waals surface area contributed by atoms with Crippen LogP contribution < -0.4 is 5.32 Å². The largest absolute Gasteiger partial charge is 0.395 e. The van der Waals surface area contributed by atoms with Gasteiger partial charge in [-0.2, -0.15) is 0 Å². The zero-order valence-electron chi connectivity index (χ0n) is 11.7. The van der Waals surface area contributed by atoms with Crippen LogP contribution in [0.5, 0.6) is 0 Å². The van der Waals surface area contributed by atoms with Crippen molar-refractivity contribution >= 4 is 5.91 Å². The summed E-state index contributed by atoms with van der Waals surface area (Å²) in [5, 5.41) is 11.2. The van der Waals surface area contributed by atoms with Crippen molar-refractivity contribution in [2.75, 3.05) is 27.2 Å². The minimum Gasteiger partial charge on any atom is -0.395 e. The SMILES string of the molecule is CNC(=O)CN(C)Cc1ccc(F)c(C#CCCO)c1. The Kier molecular flexibility index (Phi) is 6.71. The molecular formula is C15H19FN2O2. The molecule has 0 unspecified atom stereocenters.